The van der Waals surface area contributed by atoms with Gasteiger partial charge in [0.25, 0.3) is 0 Å². The second-order valence-corrected chi connectivity index (χ2v) is 5.50. The molecule has 2 rings (SSSR count). The van der Waals surface area contributed by atoms with Crippen LogP contribution in [0.4, 0.5) is 0 Å². The predicted octanol–water partition coefficient (Wildman–Crippen LogP) is 0.719. The van der Waals surface area contributed by atoms with E-state index in [1.165, 1.54) is 32.8 Å². The lowest BCUT2D eigenvalue weighted by molar-refractivity contribution is -0.693. The van der Waals surface area contributed by atoms with Gasteiger partial charge in [0.2, 0.25) is 0 Å². The van der Waals surface area contributed by atoms with Gasteiger partial charge in [0.1, 0.15) is 25.0 Å². The van der Waals surface area contributed by atoms with E-state index in [1.54, 1.807) is 24.3 Å². The molecule has 1 aromatic rings. The molecular weight excluding hydrogens is 270 g/mol. The molecule has 1 aliphatic carbocycles. The van der Waals surface area contributed by atoms with Crippen LogP contribution >= 0.6 is 0 Å². The topological polar surface area (TPSA) is 72.4 Å². The van der Waals surface area contributed by atoms with Crippen LogP contribution in [0.5, 0.6) is 5.75 Å². The van der Waals surface area contributed by atoms with Gasteiger partial charge in [-0.25, -0.2) is 4.79 Å². The molecule has 0 aliphatic heterocycles. The van der Waals surface area contributed by atoms with E-state index in [0.29, 0.717) is 23.9 Å². The van der Waals surface area contributed by atoms with Crippen molar-refractivity contribution in [1.29, 1.82) is 0 Å². The van der Waals surface area contributed by atoms with Gasteiger partial charge in [-0.3, -0.25) is 0 Å². The second kappa shape index (κ2) is 8.00. The van der Waals surface area contributed by atoms with Gasteiger partial charge in [0, 0.05) is 0 Å². The number of rotatable bonds is 7. The molecule has 21 heavy (non-hydrogen) atoms. The van der Waals surface area contributed by atoms with Crippen LogP contribution in [-0.4, -0.2) is 43.5 Å². The summed E-state index contributed by atoms with van der Waals surface area (Å²) in [6, 6.07) is 7.38. The molecule has 5 heteroatoms. The zero-order chi connectivity index (χ0) is 15.1. The van der Waals surface area contributed by atoms with E-state index >= 15 is 0 Å². The van der Waals surface area contributed by atoms with Crippen LogP contribution in [0.1, 0.15) is 36.0 Å². The minimum absolute atomic E-state index is 0.265. The molecule has 1 aromatic carbocycles. The molecule has 5 nitrogen and oxygen atoms in total. The SMILES string of the molecule is COC(=O)c1ccc(OC[C@H](O)C[NH2+]C2CCCC2)cc1. The molecule has 116 valence electrons. The van der Waals surface area contributed by atoms with E-state index < -0.39 is 6.10 Å². The van der Waals surface area contributed by atoms with Crippen LogP contribution in [0.3, 0.4) is 0 Å². The summed E-state index contributed by atoms with van der Waals surface area (Å²) in [5, 5.41) is 12.1. The predicted molar refractivity (Wildman–Crippen MR) is 78.3 cm³/mol. The molecule has 3 N–H and O–H groups in total. The maximum atomic E-state index is 11.3. The highest BCUT2D eigenvalue weighted by Gasteiger charge is 2.19. The van der Waals surface area contributed by atoms with Gasteiger partial charge in [-0.1, -0.05) is 0 Å². The average Bonchev–Trinajstić information content (AvgIpc) is 3.04. The van der Waals surface area contributed by atoms with Gasteiger partial charge in [0.15, 0.2) is 0 Å². The van der Waals surface area contributed by atoms with Gasteiger partial charge >= 0.3 is 5.97 Å². The largest absolute Gasteiger partial charge is 0.491 e. The van der Waals surface area contributed by atoms with Crippen LogP contribution in [0.2, 0.25) is 0 Å². The minimum Gasteiger partial charge on any atom is -0.491 e. The first kappa shape index (κ1) is 15.8. The Kier molecular flexibility index (Phi) is 6.02. The molecule has 1 aliphatic rings. The van der Waals surface area contributed by atoms with Gasteiger partial charge < -0.3 is 19.9 Å². The van der Waals surface area contributed by atoms with E-state index in [9.17, 15) is 9.90 Å². The van der Waals surface area contributed by atoms with E-state index in [4.69, 9.17) is 4.74 Å². The van der Waals surface area contributed by atoms with Crippen LogP contribution < -0.4 is 10.1 Å². The first-order chi connectivity index (χ1) is 10.2. The van der Waals surface area contributed by atoms with Gasteiger partial charge in [-0.15, -0.1) is 0 Å². The van der Waals surface area contributed by atoms with Crippen LogP contribution in [-0.2, 0) is 4.74 Å². The van der Waals surface area contributed by atoms with Crippen molar-refractivity contribution in [2.75, 3.05) is 20.3 Å². The Morgan fingerprint density at radius 2 is 2.00 bits per heavy atom. The molecule has 0 aromatic heterocycles. The number of esters is 1. The normalized spacial score (nSPS) is 16.7. The lowest BCUT2D eigenvalue weighted by atomic mass is 10.2. The molecule has 0 unspecified atom stereocenters. The summed E-state index contributed by atoms with van der Waals surface area (Å²) in [7, 11) is 1.35. The summed E-state index contributed by atoms with van der Waals surface area (Å²) in [5.41, 5.74) is 0.486. The van der Waals surface area contributed by atoms with Crippen molar-refractivity contribution in [2.45, 2.75) is 37.8 Å². The number of benzene rings is 1. The van der Waals surface area contributed by atoms with Crippen molar-refractivity contribution in [3.63, 3.8) is 0 Å². The maximum Gasteiger partial charge on any atom is 0.337 e. The molecule has 0 amide bonds. The van der Waals surface area contributed by atoms with Crippen LogP contribution in [0.15, 0.2) is 24.3 Å². The van der Waals surface area contributed by atoms with Gasteiger partial charge in [-0.05, 0) is 49.9 Å². The Morgan fingerprint density at radius 1 is 1.33 bits per heavy atom. The minimum atomic E-state index is -0.481. The highest BCUT2D eigenvalue weighted by atomic mass is 16.5. The number of hydrogen-bond donors (Lipinski definition) is 2. The first-order valence-corrected chi connectivity index (χ1v) is 7.51. The fourth-order valence-electron chi connectivity index (χ4n) is 2.61. The number of hydrogen-bond acceptors (Lipinski definition) is 4. The fraction of sp³-hybridized carbons (Fsp3) is 0.562. The summed E-state index contributed by atoms with van der Waals surface area (Å²) in [4.78, 5) is 11.3. The first-order valence-electron chi connectivity index (χ1n) is 7.51. The molecule has 0 spiro atoms. The molecule has 0 saturated heterocycles. The monoisotopic (exact) mass is 294 g/mol. The molecule has 1 saturated carbocycles. The Balaban J connectivity index is 1.70. The zero-order valence-corrected chi connectivity index (χ0v) is 12.5. The molecular formula is C16H24NO4+. The highest BCUT2D eigenvalue weighted by Crippen LogP contribution is 2.14. The fourth-order valence-corrected chi connectivity index (χ4v) is 2.61. The third-order valence-electron chi connectivity index (χ3n) is 3.86. The van der Waals surface area contributed by atoms with Gasteiger partial charge in [-0.2, -0.15) is 0 Å². The Bertz CT molecular complexity index is 440. The summed E-state index contributed by atoms with van der Waals surface area (Å²) in [5.74, 6) is 0.273. The molecule has 0 bridgehead atoms. The number of carbonyl (C=O) groups excluding carboxylic acids is 1. The summed E-state index contributed by atoms with van der Waals surface area (Å²) in [6.07, 6.45) is 4.64. The van der Waals surface area contributed by atoms with Gasteiger partial charge in [0.05, 0.1) is 18.7 Å². The third-order valence-corrected chi connectivity index (χ3v) is 3.86. The third kappa shape index (κ3) is 5.02. The number of carbonyl (C=O) groups is 1. The Morgan fingerprint density at radius 3 is 2.62 bits per heavy atom. The second-order valence-electron chi connectivity index (χ2n) is 5.50. The molecule has 1 fully saturated rings. The number of aliphatic hydroxyl groups is 1. The summed E-state index contributed by atoms with van der Waals surface area (Å²) < 4.78 is 10.2. The molecule has 0 heterocycles. The van der Waals surface area contributed by atoms with E-state index in [-0.39, 0.29) is 12.6 Å². The van der Waals surface area contributed by atoms with Crippen molar-refractivity contribution in [1.82, 2.24) is 0 Å². The van der Waals surface area contributed by atoms with Crippen LogP contribution in [0, 0.1) is 0 Å². The number of quaternary nitrogens is 1. The lowest BCUT2D eigenvalue weighted by Gasteiger charge is -2.14. The Hall–Kier alpha value is -1.59. The van der Waals surface area contributed by atoms with E-state index in [0.717, 1.165) is 0 Å². The smallest absolute Gasteiger partial charge is 0.337 e. The maximum absolute atomic E-state index is 11.3. The molecule has 1 atom stereocenters. The standard InChI is InChI=1S/C16H23NO4/c1-20-16(19)12-6-8-15(9-7-12)21-11-14(18)10-17-13-4-2-3-5-13/h6-9,13-14,17-18H,2-5,10-11H2,1H3/p+1/t14-/m1/s1. The number of aliphatic hydroxyl groups excluding tert-OH is 1. The van der Waals surface area contributed by atoms with Crippen molar-refractivity contribution >= 4 is 5.97 Å². The lowest BCUT2D eigenvalue weighted by Crippen LogP contribution is -2.91. The summed E-state index contributed by atoms with van der Waals surface area (Å²) in [6.45, 7) is 0.936. The van der Waals surface area contributed by atoms with E-state index in [2.05, 4.69) is 10.1 Å². The molecule has 0 radical (unpaired) electrons. The average molecular weight is 294 g/mol. The van der Waals surface area contributed by atoms with Crippen molar-refractivity contribution < 1.29 is 24.7 Å². The van der Waals surface area contributed by atoms with Crippen molar-refractivity contribution in [2.24, 2.45) is 0 Å². The van der Waals surface area contributed by atoms with E-state index in [1.807, 2.05) is 0 Å². The zero-order valence-electron chi connectivity index (χ0n) is 12.5. The number of methoxy groups -OCH3 is 1. The summed E-state index contributed by atoms with van der Waals surface area (Å²) >= 11 is 0. The number of nitrogens with two attached hydrogens (primary N) is 1. The quantitative estimate of drug-likeness (QED) is 0.727. The van der Waals surface area contributed by atoms with Crippen LogP contribution in [0.25, 0.3) is 0 Å². The number of ether oxygens (including phenoxy) is 2. The highest BCUT2D eigenvalue weighted by molar-refractivity contribution is 5.89. The van der Waals surface area contributed by atoms with Crippen molar-refractivity contribution in [3.05, 3.63) is 29.8 Å². The Labute approximate surface area is 125 Å². The van der Waals surface area contributed by atoms with Crippen molar-refractivity contribution in [3.8, 4) is 5.75 Å².